The molecule has 1 aromatic rings. The second-order valence-electron chi connectivity index (χ2n) is 3.79. The molecule has 1 heterocycles. The standard InChI is InChI=1S/C11H18N4O3.ClH/c1-12-10(8-6-14-15(2)7-8)11(17)13-5-4-9(16)18-3;/h6-7,10,12H,4-5H2,1-3H3,(H,13,17);1H. The first kappa shape index (κ1) is 17.4. The molecule has 7 nitrogen and oxygen atoms in total. The summed E-state index contributed by atoms with van der Waals surface area (Å²) in [5.74, 6) is -0.549. The van der Waals surface area contributed by atoms with Crippen molar-refractivity contribution in [1.82, 2.24) is 20.4 Å². The number of rotatable bonds is 6. The van der Waals surface area contributed by atoms with E-state index in [1.165, 1.54) is 7.11 Å². The van der Waals surface area contributed by atoms with E-state index in [4.69, 9.17) is 0 Å². The molecule has 0 saturated heterocycles. The van der Waals surface area contributed by atoms with Gasteiger partial charge in [0.25, 0.3) is 0 Å². The summed E-state index contributed by atoms with van der Waals surface area (Å²) >= 11 is 0. The number of methoxy groups -OCH3 is 1. The third-order valence-corrected chi connectivity index (χ3v) is 2.47. The lowest BCUT2D eigenvalue weighted by atomic mass is 10.1. The van der Waals surface area contributed by atoms with Gasteiger partial charge in [0, 0.05) is 25.4 Å². The van der Waals surface area contributed by atoms with Gasteiger partial charge in [-0.25, -0.2) is 0 Å². The summed E-state index contributed by atoms with van der Waals surface area (Å²) in [5, 5.41) is 9.58. The van der Waals surface area contributed by atoms with Gasteiger partial charge in [0.1, 0.15) is 6.04 Å². The fourth-order valence-electron chi connectivity index (χ4n) is 1.53. The molecule has 108 valence electrons. The van der Waals surface area contributed by atoms with Gasteiger partial charge in [-0.2, -0.15) is 5.10 Å². The normalized spacial score (nSPS) is 11.3. The Bertz CT molecular complexity index is 422. The Balaban J connectivity index is 0.00000324. The molecule has 0 aromatic carbocycles. The lowest BCUT2D eigenvalue weighted by Crippen LogP contribution is -2.36. The number of carbonyl (C=O) groups is 2. The van der Waals surface area contributed by atoms with Crippen LogP contribution < -0.4 is 10.6 Å². The fraction of sp³-hybridized carbons (Fsp3) is 0.545. The molecule has 0 fully saturated rings. The van der Waals surface area contributed by atoms with Gasteiger partial charge in [-0.05, 0) is 7.05 Å². The van der Waals surface area contributed by atoms with Gasteiger partial charge in [0.05, 0.1) is 19.7 Å². The van der Waals surface area contributed by atoms with Gasteiger partial charge in [0.2, 0.25) is 5.91 Å². The second kappa shape index (κ2) is 8.49. The highest BCUT2D eigenvalue weighted by Gasteiger charge is 2.19. The quantitative estimate of drug-likeness (QED) is 0.708. The largest absolute Gasteiger partial charge is 0.469 e. The predicted molar refractivity (Wildman–Crippen MR) is 71.9 cm³/mol. The van der Waals surface area contributed by atoms with Gasteiger partial charge in [-0.1, -0.05) is 0 Å². The SMILES string of the molecule is CNC(C(=O)NCCC(=O)OC)c1cnn(C)c1.Cl. The van der Waals surface area contributed by atoms with Gasteiger partial charge < -0.3 is 15.4 Å². The third kappa shape index (κ3) is 5.27. The number of hydrogen-bond donors (Lipinski definition) is 2. The van der Waals surface area contributed by atoms with E-state index < -0.39 is 6.04 Å². The van der Waals surface area contributed by atoms with Crippen LogP contribution in [0.1, 0.15) is 18.0 Å². The van der Waals surface area contributed by atoms with Crippen LogP contribution in [0.15, 0.2) is 12.4 Å². The Morgan fingerprint density at radius 1 is 1.53 bits per heavy atom. The van der Waals surface area contributed by atoms with Crippen LogP contribution in [0.25, 0.3) is 0 Å². The first-order valence-corrected chi connectivity index (χ1v) is 5.58. The van der Waals surface area contributed by atoms with Crippen molar-refractivity contribution >= 4 is 24.3 Å². The van der Waals surface area contributed by atoms with Crippen LogP contribution >= 0.6 is 12.4 Å². The van der Waals surface area contributed by atoms with E-state index >= 15 is 0 Å². The predicted octanol–water partition coefficient (Wildman–Crippen LogP) is -0.218. The van der Waals surface area contributed by atoms with Crippen molar-refractivity contribution in [1.29, 1.82) is 0 Å². The highest BCUT2D eigenvalue weighted by atomic mass is 35.5. The topological polar surface area (TPSA) is 85.2 Å². The molecule has 0 aliphatic rings. The summed E-state index contributed by atoms with van der Waals surface area (Å²) in [6, 6.07) is -0.476. The van der Waals surface area contributed by atoms with Crippen molar-refractivity contribution in [3.05, 3.63) is 18.0 Å². The maximum atomic E-state index is 11.9. The summed E-state index contributed by atoms with van der Waals surface area (Å²) in [6.07, 6.45) is 3.55. The summed E-state index contributed by atoms with van der Waals surface area (Å²) < 4.78 is 6.11. The Morgan fingerprint density at radius 2 is 2.21 bits per heavy atom. The van der Waals surface area contributed by atoms with E-state index in [1.807, 2.05) is 0 Å². The monoisotopic (exact) mass is 290 g/mol. The van der Waals surface area contributed by atoms with Crippen LogP contribution in [0.3, 0.4) is 0 Å². The van der Waals surface area contributed by atoms with E-state index in [1.54, 1.807) is 31.2 Å². The van der Waals surface area contributed by atoms with E-state index in [2.05, 4.69) is 20.5 Å². The third-order valence-electron chi connectivity index (χ3n) is 2.47. The van der Waals surface area contributed by atoms with E-state index in [9.17, 15) is 9.59 Å². The zero-order valence-electron chi connectivity index (χ0n) is 11.2. The molecule has 1 atom stereocenters. The van der Waals surface area contributed by atoms with Gasteiger partial charge >= 0.3 is 5.97 Å². The van der Waals surface area contributed by atoms with Crippen molar-refractivity contribution in [3.8, 4) is 0 Å². The number of aryl methyl sites for hydroxylation is 1. The van der Waals surface area contributed by atoms with Crippen molar-refractivity contribution in [2.24, 2.45) is 7.05 Å². The number of ether oxygens (including phenoxy) is 1. The maximum Gasteiger partial charge on any atom is 0.307 e. The Hall–Kier alpha value is -1.60. The number of hydrogen-bond acceptors (Lipinski definition) is 5. The van der Waals surface area contributed by atoms with Gasteiger partial charge in [-0.3, -0.25) is 14.3 Å². The molecule has 1 unspecified atom stereocenters. The summed E-state index contributed by atoms with van der Waals surface area (Å²) in [6.45, 7) is 0.254. The Morgan fingerprint density at radius 3 is 2.68 bits per heavy atom. The zero-order valence-corrected chi connectivity index (χ0v) is 12.0. The smallest absolute Gasteiger partial charge is 0.307 e. The number of likely N-dealkylation sites (N-methyl/N-ethyl adjacent to an activating group) is 1. The highest BCUT2D eigenvalue weighted by molar-refractivity contribution is 5.85. The second-order valence-corrected chi connectivity index (χ2v) is 3.79. The summed E-state index contributed by atoms with van der Waals surface area (Å²) in [5.41, 5.74) is 0.774. The highest BCUT2D eigenvalue weighted by Crippen LogP contribution is 2.10. The first-order chi connectivity index (χ1) is 8.58. The zero-order chi connectivity index (χ0) is 13.5. The number of amides is 1. The molecule has 2 N–H and O–H groups in total. The number of aromatic nitrogens is 2. The van der Waals surface area contributed by atoms with E-state index in [-0.39, 0.29) is 37.2 Å². The number of nitrogens with zero attached hydrogens (tertiary/aromatic N) is 2. The molecular formula is C11H19ClN4O3. The molecule has 0 spiro atoms. The van der Waals surface area contributed by atoms with Crippen LogP contribution in [0.5, 0.6) is 0 Å². The average Bonchev–Trinajstić information content (AvgIpc) is 2.76. The number of carbonyl (C=O) groups excluding carboxylic acids is 2. The molecule has 1 aromatic heterocycles. The summed E-state index contributed by atoms with van der Waals surface area (Å²) in [7, 11) is 4.79. The van der Waals surface area contributed by atoms with Crippen LogP contribution in [0.2, 0.25) is 0 Å². The molecule has 1 amide bonds. The van der Waals surface area contributed by atoms with Gasteiger partial charge in [0.15, 0.2) is 0 Å². The number of nitrogens with one attached hydrogen (secondary N) is 2. The molecule has 0 bridgehead atoms. The maximum absolute atomic E-state index is 11.9. The van der Waals surface area contributed by atoms with Crippen LogP contribution in [-0.2, 0) is 21.4 Å². The van der Waals surface area contributed by atoms with E-state index in [0.29, 0.717) is 0 Å². The minimum Gasteiger partial charge on any atom is -0.469 e. The van der Waals surface area contributed by atoms with Crippen molar-refractivity contribution < 1.29 is 14.3 Å². The van der Waals surface area contributed by atoms with Crippen molar-refractivity contribution in [2.75, 3.05) is 20.7 Å². The Labute approximate surface area is 118 Å². The minimum atomic E-state index is -0.476. The van der Waals surface area contributed by atoms with Crippen LogP contribution in [0.4, 0.5) is 0 Å². The number of esters is 1. The minimum absolute atomic E-state index is 0. The van der Waals surface area contributed by atoms with Gasteiger partial charge in [-0.15, -0.1) is 12.4 Å². The molecule has 1 rings (SSSR count). The van der Waals surface area contributed by atoms with Crippen LogP contribution in [-0.4, -0.2) is 42.4 Å². The molecule has 0 saturated carbocycles. The molecule has 0 aliphatic heterocycles. The molecule has 8 heteroatoms. The van der Waals surface area contributed by atoms with Crippen molar-refractivity contribution in [3.63, 3.8) is 0 Å². The fourth-order valence-corrected chi connectivity index (χ4v) is 1.53. The van der Waals surface area contributed by atoms with E-state index in [0.717, 1.165) is 5.56 Å². The number of halogens is 1. The molecular weight excluding hydrogens is 272 g/mol. The summed E-state index contributed by atoms with van der Waals surface area (Å²) in [4.78, 5) is 22.8. The van der Waals surface area contributed by atoms with Crippen molar-refractivity contribution in [2.45, 2.75) is 12.5 Å². The first-order valence-electron chi connectivity index (χ1n) is 5.58. The molecule has 0 radical (unpaired) electrons. The Kier molecular flexibility index (Phi) is 7.78. The average molecular weight is 291 g/mol. The van der Waals surface area contributed by atoms with Crippen LogP contribution in [0, 0.1) is 0 Å². The molecule has 19 heavy (non-hydrogen) atoms. The lowest BCUT2D eigenvalue weighted by Gasteiger charge is -2.14. The molecule has 0 aliphatic carbocycles. The lowest BCUT2D eigenvalue weighted by molar-refractivity contribution is -0.140.